The summed E-state index contributed by atoms with van der Waals surface area (Å²) in [5, 5.41) is 6.69. The molecular formula is C22H24N4O4S. The number of amides is 1. The normalized spacial score (nSPS) is 14.9. The van der Waals surface area contributed by atoms with Gasteiger partial charge in [0.1, 0.15) is 0 Å². The van der Waals surface area contributed by atoms with Gasteiger partial charge < -0.3 is 9.84 Å². The van der Waals surface area contributed by atoms with E-state index < -0.39 is 22.0 Å². The topological polar surface area (TPSA) is 114 Å². The number of anilines is 1. The van der Waals surface area contributed by atoms with Crippen molar-refractivity contribution in [1.82, 2.24) is 14.9 Å². The van der Waals surface area contributed by atoms with Crippen LogP contribution in [0.3, 0.4) is 0 Å². The maximum Gasteiger partial charge on any atom is 0.242 e. The van der Waals surface area contributed by atoms with Crippen LogP contribution in [0, 0.1) is 13.8 Å². The fourth-order valence-electron chi connectivity index (χ4n) is 3.11. The second-order valence-electron chi connectivity index (χ2n) is 7.91. The summed E-state index contributed by atoms with van der Waals surface area (Å²) in [6, 6.07) is 11.2. The third kappa shape index (κ3) is 4.83. The number of nitrogens with zero attached hydrogens (tertiary/aromatic N) is 2. The van der Waals surface area contributed by atoms with E-state index in [2.05, 4.69) is 20.2 Å². The number of aryl methyl sites for hydroxylation is 2. The van der Waals surface area contributed by atoms with Gasteiger partial charge in [0, 0.05) is 17.2 Å². The molecule has 0 saturated heterocycles. The van der Waals surface area contributed by atoms with Crippen LogP contribution >= 0.6 is 0 Å². The van der Waals surface area contributed by atoms with Crippen LogP contribution in [0.15, 0.2) is 51.9 Å². The van der Waals surface area contributed by atoms with Gasteiger partial charge in [0.15, 0.2) is 0 Å². The summed E-state index contributed by atoms with van der Waals surface area (Å²) < 4.78 is 33.8. The Bertz CT molecular complexity index is 1210. The number of sulfonamides is 1. The molecule has 31 heavy (non-hydrogen) atoms. The monoisotopic (exact) mass is 440 g/mol. The first-order valence-electron chi connectivity index (χ1n) is 10.1. The van der Waals surface area contributed by atoms with Crippen LogP contribution < -0.4 is 10.0 Å². The van der Waals surface area contributed by atoms with E-state index in [1.54, 1.807) is 31.2 Å². The fraction of sp³-hybridized carbons (Fsp3) is 0.318. The smallest absolute Gasteiger partial charge is 0.242 e. The Kier molecular flexibility index (Phi) is 5.63. The second kappa shape index (κ2) is 8.24. The van der Waals surface area contributed by atoms with Crippen LogP contribution in [0.1, 0.15) is 42.7 Å². The van der Waals surface area contributed by atoms with Crippen molar-refractivity contribution in [1.29, 1.82) is 0 Å². The molecule has 162 valence electrons. The molecule has 0 unspecified atom stereocenters. The number of benzene rings is 2. The Hall–Kier alpha value is -3.04. The number of rotatable bonds is 7. The van der Waals surface area contributed by atoms with E-state index in [1.807, 2.05) is 19.1 Å². The first-order valence-corrected chi connectivity index (χ1v) is 11.6. The maximum absolute atomic E-state index is 13.0. The Balaban J connectivity index is 1.51. The van der Waals surface area contributed by atoms with Gasteiger partial charge in [-0.05, 0) is 57.4 Å². The van der Waals surface area contributed by atoms with Gasteiger partial charge in [-0.1, -0.05) is 35.0 Å². The Morgan fingerprint density at radius 3 is 2.52 bits per heavy atom. The predicted molar refractivity (Wildman–Crippen MR) is 116 cm³/mol. The van der Waals surface area contributed by atoms with E-state index in [4.69, 9.17) is 4.52 Å². The zero-order chi connectivity index (χ0) is 22.2. The number of hydrogen-bond donors (Lipinski definition) is 2. The minimum Gasteiger partial charge on any atom is -0.339 e. The Labute approximate surface area is 181 Å². The highest BCUT2D eigenvalue weighted by molar-refractivity contribution is 7.89. The third-order valence-corrected chi connectivity index (χ3v) is 6.83. The van der Waals surface area contributed by atoms with E-state index in [0.717, 1.165) is 18.4 Å². The summed E-state index contributed by atoms with van der Waals surface area (Å²) in [5.74, 6) is 0.793. The van der Waals surface area contributed by atoms with Crippen molar-refractivity contribution in [3.05, 3.63) is 59.5 Å². The quantitative estimate of drug-likeness (QED) is 0.581. The molecule has 2 N–H and O–H groups in total. The molecule has 0 spiro atoms. The summed E-state index contributed by atoms with van der Waals surface area (Å²) in [4.78, 5) is 16.9. The SMILES string of the molecule is Cc1ccc(NC(=O)[C@H](C)NS(=O)(=O)c2cc(-c3noc(C4CC4)n3)ccc2C)cc1. The average Bonchev–Trinajstić information content (AvgIpc) is 3.46. The molecule has 0 aliphatic heterocycles. The summed E-state index contributed by atoms with van der Waals surface area (Å²) in [6.45, 7) is 5.14. The number of carbonyl (C=O) groups excluding carboxylic acids is 1. The molecule has 9 heteroatoms. The number of hydrogen-bond acceptors (Lipinski definition) is 6. The molecule has 1 heterocycles. The van der Waals surface area contributed by atoms with Crippen molar-refractivity contribution in [3.63, 3.8) is 0 Å². The molecule has 4 rings (SSSR count). The lowest BCUT2D eigenvalue weighted by atomic mass is 10.1. The van der Waals surface area contributed by atoms with E-state index in [0.29, 0.717) is 34.4 Å². The van der Waals surface area contributed by atoms with E-state index >= 15 is 0 Å². The maximum atomic E-state index is 13.0. The molecule has 3 aromatic rings. The molecule has 2 aromatic carbocycles. The zero-order valence-corrected chi connectivity index (χ0v) is 18.4. The van der Waals surface area contributed by atoms with Crippen molar-refractivity contribution in [3.8, 4) is 11.4 Å². The lowest BCUT2D eigenvalue weighted by Crippen LogP contribution is -2.41. The molecular weight excluding hydrogens is 416 g/mol. The zero-order valence-electron chi connectivity index (χ0n) is 17.5. The largest absolute Gasteiger partial charge is 0.339 e. The predicted octanol–water partition coefficient (Wildman–Crippen LogP) is 3.54. The number of nitrogens with one attached hydrogen (secondary N) is 2. The van der Waals surface area contributed by atoms with Crippen LogP contribution in [0.4, 0.5) is 5.69 Å². The van der Waals surface area contributed by atoms with Crippen LogP contribution in [-0.2, 0) is 14.8 Å². The van der Waals surface area contributed by atoms with Crippen molar-refractivity contribution >= 4 is 21.6 Å². The molecule has 8 nitrogen and oxygen atoms in total. The minimum absolute atomic E-state index is 0.0674. The van der Waals surface area contributed by atoms with Gasteiger partial charge in [0.25, 0.3) is 0 Å². The van der Waals surface area contributed by atoms with Gasteiger partial charge in [-0.25, -0.2) is 8.42 Å². The van der Waals surface area contributed by atoms with Crippen molar-refractivity contribution < 1.29 is 17.7 Å². The lowest BCUT2D eigenvalue weighted by molar-refractivity contribution is -0.117. The molecule has 1 amide bonds. The average molecular weight is 441 g/mol. The number of aromatic nitrogens is 2. The van der Waals surface area contributed by atoms with Gasteiger partial charge >= 0.3 is 0 Å². The van der Waals surface area contributed by atoms with Crippen LogP contribution in [0.5, 0.6) is 0 Å². The van der Waals surface area contributed by atoms with E-state index in [1.165, 1.54) is 13.0 Å². The highest BCUT2D eigenvalue weighted by Gasteiger charge is 2.30. The third-order valence-electron chi connectivity index (χ3n) is 5.15. The van der Waals surface area contributed by atoms with Crippen LogP contribution in [0.25, 0.3) is 11.4 Å². The van der Waals surface area contributed by atoms with Gasteiger partial charge in [-0.2, -0.15) is 9.71 Å². The first kappa shape index (κ1) is 21.2. The van der Waals surface area contributed by atoms with Crippen LogP contribution in [0.2, 0.25) is 0 Å². The summed E-state index contributed by atoms with van der Waals surface area (Å²) in [5.41, 5.74) is 2.75. The highest BCUT2D eigenvalue weighted by atomic mass is 32.2. The van der Waals surface area contributed by atoms with Crippen molar-refractivity contribution in [2.75, 3.05) is 5.32 Å². The number of carbonyl (C=O) groups is 1. The molecule has 1 atom stereocenters. The van der Waals surface area contributed by atoms with Crippen molar-refractivity contribution in [2.24, 2.45) is 0 Å². The highest BCUT2D eigenvalue weighted by Crippen LogP contribution is 2.39. The molecule has 1 aliphatic carbocycles. The van der Waals surface area contributed by atoms with Gasteiger partial charge in [-0.3, -0.25) is 4.79 Å². The van der Waals surface area contributed by atoms with Gasteiger partial charge in [-0.15, -0.1) is 0 Å². The standard InChI is InChI=1S/C22H24N4O4S/c1-13-4-10-18(11-5-13)23-21(27)15(3)26-31(28,29)19-12-17(7-6-14(19)2)20-24-22(30-25-20)16-8-9-16/h4-7,10-12,15-16,26H,8-9H2,1-3H3,(H,23,27)/t15-/m0/s1. The van der Waals surface area contributed by atoms with Gasteiger partial charge in [0.05, 0.1) is 10.9 Å². The molecule has 0 radical (unpaired) electrons. The summed E-state index contributed by atoms with van der Waals surface area (Å²) in [6.07, 6.45) is 2.06. The molecule has 1 fully saturated rings. The van der Waals surface area contributed by atoms with E-state index in [9.17, 15) is 13.2 Å². The molecule has 1 aromatic heterocycles. The van der Waals surface area contributed by atoms with Gasteiger partial charge in [0.2, 0.25) is 27.6 Å². The minimum atomic E-state index is -3.96. The second-order valence-corrected chi connectivity index (χ2v) is 9.59. The van der Waals surface area contributed by atoms with Crippen molar-refractivity contribution in [2.45, 2.75) is 50.5 Å². The molecule has 0 bridgehead atoms. The van der Waals surface area contributed by atoms with Crippen LogP contribution in [-0.4, -0.2) is 30.5 Å². The lowest BCUT2D eigenvalue weighted by Gasteiger charge is -2.16. The Morgan fingerprint density at radius 1 is 1.13 bits per heavy atom. The summed E-state index contributed by atoms with van der Waals surface area (Å²) in [7, 11) is -3.96. The first-order chi connectivity index (χ1) is 14.7. The molecule has 1 aliphatic rings. The summed E-state index contributed by atoms with van der Waals surface area (Å²) >= 11 is 0. The molecule has 1 saturated carbocycles. The fourth-order valence-corrected chi connectivity index (χ4v) is 4.59. The van der Waals surface area contributed by atoms with E-state index in [-0.39, 0.29) is 4.90 Å². The Morgan fingerprint density at radius 2 is 1.84 bits per heavy atom.